The second kappa shape index (κ2) is 37.9. The van der Waals surface area contributed by atoms with Gasteiger partial charge in [-0.1, -0.05) is 186 Å². The topological polar surface area (TPSA) is 149 Å². The average Bonchev–Trinajstić information content (AvgIpc) is 3.20. The van der Waals surface area contributed by atoms with Crippen molar-refractivity contribution in [3.63, 3.8) is 0 Å². The summed E-state index contributed by atoms with van der Waals surface area (Å²) in [6.45, 7) is 3.77. The van der Waals surface area contributed by atoms with Gasteiger partial charge in [0.05, 0.1) is 25.4 Å². The minimum Gasteiger partial charge on any atom is -0.394 e. The molecule has 1 rings (SSSR count). The average molecular weight is 796 g/mol. The number of amides is 1. The lowest BCUT2D eigenvalue weighted by atomic mass is 9.99. The van der Waals surface area contributed by atoms with Crippen molar-refractivity contribution >= 4 is 5.91 Å². The highest BCUT2D eigenvalue weighted by Gasteiger charge is 2.44. The maximum absolute atomic E-state index is 13.0. The minimum absolute atomic E-state index is 0.181. The fourth-order valence-corrected chi connectivity index (χ4v) is 7.44. The first kappa shape index (κ1) is 52.7. The summed E-state index contributed by atoms with van der Waals surface area (Å²) < 4.78 is 11.2. The summed E-state index contributed by atoms with van der Waals surface area (Å²) in [4.78, 5) is 13.0. The van der Waals surface area contributed by atoms with Gasteiger partial charge in [0, 0.05) is 6.42 Å². The van der Waals surface area contributed by atoms with Crippen LogP contribution in [0.25, 0.3) is 0 Å². The van der Waals surface area contributed by atoms with Crippen LogP contribution in [0.3, 0.4) is 0 Å². The van der Waals surface area contributed by atoms with Gasteiger partial charge in [0.25, 0.3) is 0 Å². The largest absolute Gasteiger partial charge is 0.394 e. The standard InChI is InChI=1S/C47H89NO8/c1-3-5-7-9-11-13-15-17-19-21-23-25-27-29-31-33-35-37-43(51)48-40(39-55-47-46(54)45(53)44(52)42(38-49)56-47)41(50)36-34-32-30-28-26-24-22-20-18-16-14-12-10-8-6-4-2/h17,19,34,36,40-42,44-47,49-50,52-54H,3-16,18,20-33,35,37-39H2,1-2H3,(H,48,51)/b19-17-,36-34+. The Hall–Kier alpha value is -1.33. The summed E-state index contributed by atoms with van der Waals surface area (Å²) in [7, 11) is 0. The van der Waals surface area contributed by atoms with E-state index in [0.717, 1.165) is 44.9 Å². The number of aliphatic hydroxyl groups is 5. The van der Waals surface area contributed by atoms with E-state index in [4.69, 9.17) is 9.47 Å². The van der Waals surface area contributed by atoms with E-state index in [2.05, 4.69) is 31.3 Å². The summed E-state index contributed by atoms with van der Waals surface area (Å²) in [5.41, 5.74) is 0. The highest BCUT2D eigenvalue weighted by atomic mass is 16.7. The van der Waals surface area contributed by atoms with Gasteiger partial charge >= 0.3 is 0 Å². The maximum atomic E-state index is 13.0. The first-order valence-electron chi connectivity index (χ1n) is 23.6. The van der Waals surface area contributed by atoms with Crippen molar-refractivity contribution in [2.75, 3.05) is 13.2 Å². The van der Waals surface area contributed by atoms with E-state index in [1.807, 2.05) is 6.08 Å². The molecule has 0 radical (unpaired) electrons. The molecule has 0 bridgehead atoms. The van der Waals surface area contributed by atoms with Crippen molar-refractivity contribution in [1.82, 2.24) is 5.32 Å². The van der Waals surface area contributed by atoms with Crippen LogP contribution in [-0.4, -0.2) is 87.5 Å². The highest BCUT2D eigenvalue weighted by Crippen LogP contribution is 2.23. The molecule has 1 saturated heterocycles. The zero-order valence-corrected chi connectivity index (χ0v) is 36.1. The molecule has 9 nitrogen and oxygen atoms in total. The predicted molar refractivity (Wildman–Crippen MR) is 230 cm³/mol. The maximum Gasteiger partial charge on any atom is 0.220 e. The van der Waals surface area contributed by atoms with Crippen LogP contribution < -0.4 is 5.32 Å². The van der Waals surface area contributed by atoms with Crippen LogP contribution in [0.1, 0.15) is 213 Å². The van der Waals surface area contributed by atoms with Crippen molar-refractivity contribution in [2.45, 2.75) is 256 Å². The molecule has 0 aliphatic carbocycles. The molecule has 330 valence electrons. The molecule has 9 heteroatoms. The SMILES string of the molecule is CCCCCCCC/C=C\CCCCCCCCCC(=O)NC(COC1OC(CO)C(O)C(O)C1O)C(O)/C=C/CCCCCCCCCCCCCCCC. The molecule has 0 spiro atoms. The van der Waals surface area contributed by atoms with E-state index in [1.54, 1.807) is 6.08 Å². The van der Waals surface area contributed by atoms with E-state index in [0.29, 0.717) is 6.42 Å². The van der Waals surface area contributed by atoms with E-state index >= 15 is 0 Å². The number of unbranched alkanes of at least 4 members (excludes halogenated alkanes) is 27. The Kier molecular flexibility index (Phi) is 35.7. The van der Waals surface area contributed by atoms with E-state index in [9.17, 15) is 30.3 Å². The smallest absolute Gasteiger partial charge is 0.220 e. The molecular weight excluding hydrogens is 707 g/mol. The molecule has 7 atom stereocenters. The van der Waals surface area contributed by atoms with Gasteiger partial charge in [0.2, 0.25) is 5.91 Å². The predicted octanol–water partition coefficient (Wildman–Crippen LogP) is 9.89. The van der Waals surface area contributed by atoms with Gasteiger partial charge in [-0.05, 0) is 44.9 Å². The Morgan fingerprint density at radius 1 is 0.589 bits per heavy atom. The van der Waals surface area contributed by atoms with Crippen molar-refractivity contribution in [3.05, 3.63) is 24.3 Å². The molecular formula is C47H89NO8. The van der Waals surface area contributed by atoms with Crippen molar-refractivity contribution in [2.24, 2.45) is 0 Å². The van der Waals surface area contributed by atoms with Crippen molar-refractivity contribution < 1.29 is 39.8 Å². The molecule has 0 aromatic heterocycles. The number of hydrogen-bond acceptors (Lipinski definition) is 8. The normalized spacial score (nSPS) is 21.3. The number of rotatable bonds is 39. The number of nitrogens with one attached hydrogen (secondary N) is 1. The molecule has 1 fully saturated rings. The van der Waals surface area contributed by atoms with Gasteiger partial charge < -0.3 is 40.3 Å². The zero-order valence-electron chi connectivity index (χ0n) is 36.1. The number of hydrogen-bond donors (Lipinski definition) is 6. The van der Waals surface area contributed by atoms with Gasteiger partial charge in [-0.25, -0.2) is 0 Å². The highest BCUT2D eigenvalue weighted by molar-refractivity contribution is 5.76. The quantitative estimate of drug-likeness (QED) is 0.0266. The first-order valence-corrected chi connectivity index (χ1v) is 23.6. The summed E-state index contributed by atoms with van der Waals surface area (Å²) >= 11 is 0. The van der Waals surface area contributed by atoms with Gasteiger partial charge in [-0.15, -0.1) is 0 Å². The van der Waals surface area contributed by atoms with Gasteiger partial charge in [0.1, 0.15) is 24.4 Å². The fraction of sp³-hybridized carbons (Fsp3) is 0.894. The van der Waals surface area contributed by atoms with E-state index < -0.39 is 49.5 Å². The molecule has 6 N–H and O–H groups in total. The second-order valence-corrected chi connectivity index (χ2v) is 16.5. The van der Waals surface area contributed by atoms with Gasteiger partial charge in [-0.2, -0.15) is 0 Å². The number of allylic oxidation sites excluding steroid dienone is 3. The third-order valence-electron chi connectivity index (χ3n) is 11.3. The zero-order chi connectivity index (χ0) is 40.9. The molecule has 1 aliphatic heterocycles. The number of carbonyl (C=O) groups is 1. The Bertz CT molecular complexity index is 930. The molecule has 0 saturated carbocycles. The summed E-state index contributed by atoms with van der Waals surface area (Å²) in [5.74, 6) is -0.181. The summed E-state index contributed by atoms with van der Waals surface area (Å²) in [6.07, 6.45) is 37.8. The monoisotopic (exact) mass is 796 g/mol. The summed E-state index contributed by atoms with van der Waals surface area (Å²) in [6, 6.07) is -0.803. The van der Waals surface area contributed by atoms with Crippen LogP contribution in [0, 0.1) is 0 Å². The Morgan fingerprint density at radius 3 is 1.45 bits per heavy atom. The second-order valence-electron chi connectivity index (χ2n) is 16.5. The molecule has 1 amide bonds. The lowest BCUT2D eigenvalue weighted by molar-refractivity contribution is -0.302. The lowest BCUT2D eigenvalue weighted by Gasteiger charge is -2.40. The van der Waals surface area contributed by atoms with Crippen LogP contribution in [0.15, 0.2) is 24.3 Å². The molecule has 1 aliphatic rings. The van der Waals surface area contributed by atoms with Crippen LogP contribution in [0.5, 0.6) is 0 Å². The van der Waals surface area contributed by atoms with E-state index in [-0.39, 0.29) is 12.5 Å². The molecule has 0 aromatic carbocycles. The van der Waals surface area contributed by atoms with E-state index in [1.165, 1.54) is 148 Å². The lowest BCUT2D eigenvalue weighted by Crippen LogP contribution is -2.60. The fourth-order valence-electron chi connectivity index (χ4n) is 7.44. The third kappa shape index (κ3) is 28.2. The Labute approximate surface area is 343 Å². The third-order valence-corrected chi connectivity index (χ3v) is 11.3. The number of carbonyl (C=O) groups excluding carboxylic acids is 1. The first-order chi connectivity index (χ1) is 27.3. The van der Waals surface area contributed by atoms with Crippen LogP contribution in [0.4, 0.5) is 0 Å². The molecule has 7 unspecified atom stereocenters. The van der Waals surface area contributed by atoms with Crippen molar-refractivity contribution in [1.29, 1.82) is 0 Å². The minimum atomic E-state index is -1.56. The Balaban J connectivity index is 2.35. The summed E-state index contributed by atoms with van der Waals surface area (Å²) in [5, 5.41) is 54.2. The van der Waals surface area contributed by atoms with Crippen molar-refractivity contribution in [3.8, 4) is 0 Å². The Morgan fingerprint density at radius 2 is 1.00 bits per heavy atom. The van der Waals surface area contributed by atoms with Gasteiger partial charge in [-0.3, -0.25) is 4.79 Å². The molecule has 0 aromatic rings. The van der Waals surface area contributed by atoms with Crippen LogP contribution in [0.2, 0.25) is 0 Å². The van der Waals surface area contributed by atoms with Gasteiger partial charge in [0.15, 0.2) is 6.29 Å². The molecule has 56 heavy (non-hydrogen) atoms. The number of ether oxygens (including phenoxy) is 2. The van der Waals surface area contributed by atoms with Crippen LogP contribution in [-0.2, 0) is 14.3 Å². The molecule has 1 heterocycles. The number of aliphatic hydroxyl groups excluding tert-OH is 5. The van der Waals surface area contributed by atoms with Crippen LogP contribution >= 0.6 is 0 Å².